The molecule has 4 nitrogen and oxygen atoms in total. The number of hydrogen-bond donors (Lipinski definition) is 2. The number of aryl methyl sites for hydroxylation is 1. The van der Waals surface area contributed by atoms with Crippen molar-refractivity contribution in [2.24, 2.45) is 5.84 Å². The van der Waals surface area contributed by atoms with Crippen LogP contribution in [0.15, 0.2) is 30.5 Å². The van der Waals surface area contributed by atoms with Crippen molar-refractivity contribution in [1.29, 1.82) is 0 Å². The van der Waals surface area contributed by atoms with Crippen LogP contribution in [0.5, 0.6) is 0 Å². The van der Waals surface area contributed by atoms with Crippen molar-refractivity contribution in [2.75, 3.05) is 0 Å². The highest BCUT2D eigenvalue weighted by molar-refractivity contribution is 6.31. The zero-order valence-electron chi connectivity index (χ0n) is 10.0. The van der Waals surface area contributed by atoms with Crippen molar-refractivity contribution < 1.29 is 4.79 Å². The molecular weight excluding hydrogens is 250 g/mol. The molecule has 1 aromatic carbocycles. The smallest absolute Gasteiger partial charge is 0.233 e. The Labute approximate surface area is 111 Å². The van der Waals surface area contributed by atoms with E-state index in [0.29, 0.717) is 6.42 Å². The van der Waals surface area contributed by atoms with Gasteiger partial charge in [0.25, 0.3) is 0 Å². The summed E-state index contributed by atoms with van der Waals surface area (Å²) in [7, 11) is 0. The van der Waals surface area contributed by atoms with Crippen LogP contribution >= 0.6 is 11.6 Å². The van der Waals surface area contributed by atoms with Crippen LogP contribution in [0.1, 0.15) is 19.3 Å². The summed E-state index contributed by atoms with van der Waals surface area (Å²) in [6, 6.07) is 7.93. The summed E-state index contributed by atoms with van der Waals surface area (Å²) >= 11 is 5.99. The number of aromatic nitrogens is 1. The molecule has 0 fully saturated rings. The van der Waals surface area contributed by atoms with E-state index < -0.39 is 0 Å². The molecular formula is C13H16ClN3O. The van der Waals surface area contributed by atoms with Crippen LogP contribution in [0.25, 0.3) is 10.9 Å². The number of hydrogen-bond acceptors (Lipinski definition) is 2. The fourth-order valence-electron chi connectivity index (χ4n) is 1.99. The normalized spacial score (nSPS) is 10.8. The predicted molar refractivity (Wildman–Crippen MR) is 73.1 cm³/mol. The molecule has 2 rings (SSSR count). The number of benzene rings is 1. The lowest BCUT2D eigenvalue weighted by Crippen LogP contribution is -2.29. The number of carbonyl (C=O) groups excluding carboxylic acids is 1. The maximum atomic E-state index is 11.0. The highest BCUT2D eigenvalue weighted by Gasteiger charge is 2.02. The predicted octanol–water partition coefficient (Wildman–Crippen LogP) is 2.45. The SMILES string of the molecule is NNC(=O)CCCCn1ccc2ccc(Cl)cc21. The van der Waals surface area contributed by atoms with Gasteiger partial charge in [-0.15, -0.1) is 0 Å². The molecule has 1 aromatic heterocycles. The zero-order chi connectivity index (χ0) is 13.0. The number of nitrogens with two attached hydrogens (primary N) is 1. The van der Waals surface area contributed by atoms with Crippen molar-refractivity contribution in [2.45, 2.75) is 25.8 Å². The molecule has 0 aliphatic heterocycles. The number of fused-ring (bicyclic) bond motifs is 1. The molecule has 0 unspecified atom stereocenters. The van der Waals surface area contributed by atoms with E-state index in [1.807, 2.05) is 24.4 Å². The van der Waals surface area contributed by atoms with Gasteiger partial charge in [-0.05, 0) is 36.4 Å². The highest BCUT2D eigenvalue weighted by Crippen LogP contribution is 2.21. The summed E-state index contributed by atoms with van der Waals surface area (Å²) in [5, 5.41) is 1.92. The molecule has 1 heterocycles. The quantitative estimate of drug-likeness (QED) is 0.378. The van der Waals surface area contributed by atoms with E-state index in [4.69, 9.17) is 17.4 Å². The second-order valence-electron chi connectivity index (χ2n) is 4.24. The van der Waals surface area contributed by atoms with Gasteiger partial charge in [0.1, 0.15) is 0 Å². The molecule has 3 N–H and O–H groups in total. The summed E-state index contributed by atoms with van der Waals surface area (Å²) in [5.41, 5.74) is 3.26. The van der Waals surface area contributed by atoms with Crippen LogP contribution in [-0.4, -0.2) is 10.5 Å². The summed E-state index contributed by atoms with van der Waals surface area (Å²) in [5.74, 6) is 4.91. The lowest BCUT2D eigenvalue weighted by molar-refractivity contribution is -0.121. The summed E-state index contributed by atoms with van der Waals surface area (Å²) in [6.45, 7) is 0.877. The monoisotopic (exact) mass is 265 g/mol. The topological polar surface area (TPSA) is 60.0 Å². The first-order valence-electron chi connectivity index (χ1n) is 5.94. The van der Waals surface area contributed by atoms with Crippen molar-refractivity contribution in [3.8, 4) is 0 Å². The third-order valence-electron chi connectivity index (χ3n) is 2.95. The second-order valence-corrected chi connectivity index (χ2v) is 4.67. The number of unbranched alkanes of at least 4 members (excludes halogenated alkanes) is 1. The molecule has 1 amide bonds. The molecule has 5 heteroatoms. The number of carbonyl (C=O) groups is 1. The Morgan fingerprint density at radius 1 is 1.33 bits per heavy atom. The van der Waals surface area contributed by atoms with E-state index in [1.165, 1.54) is 5.39 Å². The number of nitrogens with zero attached hydrogens (tertiary/aromatic N) is 1. The first-order chi connectivity index (χ1) is 8.70. The molecule has 18 heavy (non-hydrogen) atoms. The minimum atomic E-state index is -0.115. The van der Waals surface area contributed by atoms with Crippen molar-refractivity contribution in [3.63, 3.8) is 0 Å². The first kappa shape index (κ1) is 12.9. The first-order valence-corrected chi connectivity index (χ1v) is 6.32. The lowest BCUT2D eigenvalue weighted by atomic mass is 10.2. The molecule has 0 radical (unpaired) electrons. The second kappa shape index (κ2) is 5.89. The summed E-state index contributed by atoms with van der Waals surface area (Å²) in [6.07, 6.45) is 4.27. The number of amides is 1. The number of rotatable bonds is 5. The molecule has 0 saturated heterocycles. The third-order valence-corrected chi connectivity index (χ3v) is 3.18. The average Bonchev–Trinajstić information content (AvgIpc) is 2.77. The van der Waals surface area contributed by atoms with E-state index >= 15 is 0 Å². The molecule has 0 saturated carbocycles. The third kappa shape index (κ3) is 3.03. The Morgan fingerprint density at radius 2 is 2.17 bits per heavy atom. The van der Waals surface area contributed by atoms with Crippen LogP contribution in [0.4, 0.5) is 0 Å². The lowest BCUT2D eigenvalue weighted by Gasteiger charge is -2.05. The number of hydrazine groups is 1. The van der Waals surface area contributed by atoms with E-state index in [9.17, 15) is 4.79 Å². The molecule has 0 spiro atoms. The molecule has 0 aliphatic rings. The molecule has 0 bridgehead atoms. The Morgan fingerprint density at radius 3 is 2.94 bits per heavy atom. The van der Waals surface area contributed by atoms with E-state index in [0.717, 1.165) is 29.9 Å². The van der Waals surface area contributed by atoms with Crippen LogP contribution in [0, 0.1) is 0 Å². The van der Waals surface area contributed by atoms with Gasteiger partial charge in [0.15, 0.2) is 0 Å². The van der Waals surface area contributed by atoms with E-state index in [-0.39, 0.29) is 5.91 Å². The van der Waals surface area contributed by atoms with Gasteiger partial charge >= 0.3 is 0 Å². The number of nitrogens with one attached hydrogen (secondary N) is 1. The Hall–Kier alpha value is -1.52. The van der Waals surface area contributed by atoms with Gasteiger partial charge in [0, 0.05) is 29.7 Å². The van der Waals surface area contributed by atoms with Crippen LogP contribution in [0.3, 0.4) is 0 Å². The van der Waals surface area contributed by atoms with Gasteiger partial charge in [0.2, 0.25) is 5.91 Å². The van der Waals surface area contributed by atoms with Crippen LogP contribution in [0.2, 0.25) is 5.02 Å². The van der Waals surface area contributed by atoms with Gasteiger partial charge < -0.3 is 4.57 Å². The van der Waals surface area contributed by atoms with E-state index in [1.54, 1.807) is 0 Å². The Balaban J connectivity index is 1.95. The molecule has 96 valence electrons. The minimum Gasteiger partial charge on any atom is -0.347 e. The maximum absolute atomic E-state index is 11.0. The van der Waals surface area contributed by atoms with Crippen LogP contribution < -0.4 is 11.3 Å². The fraction of sp³-hybridized carbons (Fsp3) is 0.308. The molecule has 0 atom stereocenters. The van der Waals surface area contributed by atoms with Gasteiger partial charge in [-0.2, -0.15) is 0 Å². The molecule has 2 aromatic rings. The fourth-order valence-corrected chi connectivity index (χ4v) is 2.16. The van der Waals surface area contributed by atoms with Crippen molar-refractivity contribution in [1.82, 2.24) is 9.99 Å². The van der Waals surface area contributed by atoms with E-state index in [2.05, 4.69) is 16.1 Å². The van der Waals surface area contributed by atoms with Gasteiger partial charge in [0.05, 0.1) is 0 Å². The standard InChI is InChI=1S/C13H16ClN3O/c14-11-5-4-10-6-8-17(12(10)9-11)7-2-1-3-13(18)16-15/h4-6,8-9H,1-3,7,15H2,(H,16,18). The summed E-state index contributed by atoms with van der Waals surface area (Å²) in [4.78, 5) is 11.0. The Bertz CT molecular complexity index is 550. The average molecular weight is 266 g/mol. The minimum absolute atomic E-state index is 0.115. The van der Waals surface area contributed by atoms with Crippen molar-refractivity contribution in [3.05, 3.63) is 35.5 Å². The largest absolute Gasteiger partial charge is 0.347 e. The number of halogens is 1. The van der Waals surface area contributed by atoms with Gasteiger partial charge in [-0.1, -0.05) is 17.7 Å². The zero-order valence-corrected chi connectivity index (χ0v) is 10.8. The van der Waals surface area contributed by atoms with Gasteiger partial charge in [-0.25, -0.2) is 5.84 Å². The maximum Gasteiger partial charge on any atom is 0.233 e. The van der Waals surface area contributed by atoms with Gasteiger partial charge in [-0.3, -0.25) is 10.2 Å². The van der Waals surface area contributed by atoms with Crippen molar-refractivity contribution >= 4 is 28.4 Å². The van der Waals surface area contributed by atoms with Crippen LogP contribution in [-0.2, 0) is 11.3 Å². The highest BCUT2D eigenvalue weighted by atomic mass is 35.5. The Kier molecular flexibility index (Phi) is 4.23. The summed E-state index contributed by atoms with van der Waals surface area (Å²) < 4.78 is 2.15. The molecule has 0 aliphatic carbocycles.